The van der Waals surface area contributed by atoms with Crippen LogP contribution >= 0.6 is 0 Å². The molecular weight excluding hydrogens is 351 g/mol. The van der Waals surface area contributed by atoms with Gasteiger partial charge in [-0.3, -0.25) is 4.79 Å². The fourth-order valence-corrected chi connectivity index (χ4v) is 3.12. The Balaban J connectivity index is 1.81. The van der Waals surface area contributed by atoms with Crippen molar-refractivity contribution in [2.75, 3.05) is 24.3 Å². The summed E-state index contributed by atoms with van der Waals surface area (Å²) < 4.78 is 12.3. The Bertz CT molecular complexity index is 860. The van der Waals surface area contributed by atoms with E-state index in [0.717, 1.165) is 22.4 Å². The van der Waals surface area contributed by atoms with Gasteiger partial charge in [0.15, 0.2) is 0 Å². The zero-order valence-corrected chi connectivity index (χ0v) is 17.8. The summed E-state index contributed by atoms with van der Waals surface area (Å²) in [4.78, 5) is 14.7. The number of carbonyl (C=O) groups excluding carboxylic acids is 1. The number of hydrogen-bond donors (Lipinski definition) is 1. The quantitative estimate of drug-likeness (QED) is 0.824. The molecule has 2 aromatic carbocycles. The molecule has 1 saturated heterocycles. The lowest BCUT2D eigenvalue weighted by atomic mass is 9.76. The van der Waals surface area contributed by atoms with Gasteiger partial charge < -0.3 is 19.5 Å². The van der Waals surface area contributed by atoms with Crippen LogP contribution in [-0.2, 0) is 9.31 Å². The van der Waals surface area contributed by atoms with Gasteiger partial charge in [-0.1, -0.05) is 12.1 Å². The second-order valence-corrected chi connectivity index (χ2v) is 8.50. The molecule has 0 bridgehead atoms. The average molecular weight is 380 g/mol. The summed E-state index contributed by atoms with van der Waals surface area (Å²) in [7, 11) is 3.49. The highest BCUT2D eigenvalue weighted by atomic mass is 16.7. The molecule has 3 rings (SSSR count). The third kappa shape index (κ3) is 3.80. The normalized spacial score (nSPS) is 17.5. The molecule has 0 saturated carbocycles. The van der Waals surface area contributed by atoms with Crippen LogP contribution in [0.3, 0.4) is 0 Å². The highest BCUT2D eigenvalue weighted by Gasteiger charge is 2.52. The van der Waals surface area contributed by atoms with E-state index in [9.17, 15) is 4.79 Å². The first-order valence-electron chi connectivity index (χ1n) is 9.56. The molecule has 5 nitrogen and oxygen atoms in total. The van der Waals surface area contributed by atoms with Gasteiger partial charge >= 0.3 is 7.12 Å². The second-order valence-electron chi connectivity index (χ2n) is 8.50. The predicted molar refractivity (Wildman–Crippen MR) is 116 cm³/mol. The van der Waals surface area contributed by atoms with E-state index in [-0.39, 0.29) is 5.91 Å². The molecule has 1 aliphatic rings. The van der Waals surface area contributed by atoms with Crippen LogP contribution < -0.4 is 15.7 Å². The molecule has 1 heterocycles. The lowest BCUT2D eigenvalue weighted by Crippen LogP contribution is -2.41. The molecule has 1 fully saturated rings. The molecule has 0 atom stereocenters. The molecule has 28 heavy (non-hydrogen) atoms. The van der Waals surface area contributed by atoms with Gasteiger partial charge in [0.05, 0.1) is 11.2 Å². The maximum absolute atomic E-state index is 12.7. The number of amides is 1. The molecule has 0 spiro atoms. The van der Waals surface area contributed by atoms with Crippen molar-refractivity contribution in [2.24, 2.45) is 0 Å². The summed E-state index contributed by atoms with van der Waals surface area (Å²) in [5, 5.41) is 3.02. The van der Waals surface area contributed by atoms with Gasteiger partial charge in [0.2, 0.25) is 0 Å². The molecule has 0 radical (unpaired) electrons. The minimum Gasteiger partial charge on any atom is -0.399 e. The van der Waals surface area contributed by atoms with Crippen molar-refractivity contribution < 1.29 is 14.1 Å². The minimum absolute atomic E-state index is 0.139. The number of anilines is 2. The van der Waals surface area contributed by atoms with Crippen molar-refractivity contribution in [3.05, 3.63) is 53.6 Å². The summed E-state index contributed by atoms with van der Waals surface area (Å²) >= 11 is 0. The van der Waals surface area contributed by atoms with E-state index in [1.54, 1.807) is 0 Å². The van der Waals surface area contributed by atoms with E-state index in [2.05, 4.69) is 5.32 Å². The Morgan fingerprint density at radius 3 is 2.07 bits per heavy atom. The van der Waals surface area contributed by atoms with Gasteiger partial charge in [-0.05, 0) is 76.0 Å². The molecule has 0 unspecified atom stereocenters. The first-order chi connectivity index (χ1) is 13.0. The average Bonchev–Trinajstić information content (AvgIpc) is 2.84. The summed E-state index contributed by atoms with van der Waals surface area (Å²) in [5.41, 5.74) is 3.49. The Labute approximate surface area is 168 Å². The monoisotopic (exact) mass is 380 g/mol. The number of benzene rings is 2. The predicted octanol–water partition coefficient (Wildman–Crippen LogP) is 3.61. The molecule has 1 aliphatic heterocycles. The van der Waals surface area contributed by atoms with E-state index in [0.29, 0.717) is 5.56 Å². The van der Waals surface area contributed by atoms with E-state index < -0.39 is 18.3 Å². The Morgan fingerprint density at radius 1 is 0.964 bits per heavy atom. The van der Waals surface area contributed by atoms with Crippen LogP contribution in [0.15, 0.2) is 42.5 Å². The summed E-state index contributed by atoms with van der Waals surface area (Å²) in [5.74, 6) is -0.139. The van der Waals surface area contributed by atoms with Crippen molar-refractivity contribution in [3.8, 4) is 0 Å². The van der Waals surface area contributed by atoms with Crippen molar-refractivity contribution in [2.45, 2.75) is 45.8 Å². The molecule has 0 aromatic heterocycles. The van der Waals surface area contributed by atoms with Crippen LogP contribution in [0.5, 0.6) is 0 Å². The summed E-state index contributed by atoms with van der Waals surface area (Å²) in [6, 6.07) is 13.3. The fraction of sp³-hybridized carbons (Fsp3) is 0.409. The van der Waals surface area contributed by atoms with E-state index in [4.69, 9.17) is 9.31 Å². The lowest BCUT2D eigenvalue weighted by molar-refractivity contribution is 0.00578. The molecule has 1 amide bonds. The molecule has 0 aliphatic carbocycles. The number of hydrogen-bond acceptors (Lipinski definition) is 4. The maximum Gasteiger partial charge on any atom is 0.495 e. The van der Waals surface area contributed by atoms with Crippen molar-refractivity contribution >= 4 is 29.9 Å². The highest BCUT2D eigenvalue weighted by molar-refractivity contribution is 6.62. The molecule has 2 aromatic rings. The van der Waals surface area contributed by atoms with Crippen molar-refractivity contribution in [1.29, 1.82) is 0 Å². The van der Waals surface area contributed by atoms with Crippen LogP contribution in [0.25, 0.3) is 0 Å². The number of nitrogens with zero attached hydrogens (tertiary/aromatic N) is 1. The third-order valence-electron chi connectivity index (χ3n) is 5.78. The zero-order valence-electron chi connectivity index (χ0n) is 17.8. The van der Waals surface area contributed by atoms with Crippen LogP contribution in [-0.4, -0.2) is 38.3 Å². The Morgan fingerprint density at radius 2 is 1.54 bits per heavy atom. The summed E-state index contributed by atoms with van der Waals surface area (Å²) in [6.45, 7) is 10.1. The SMILES string of the molecule is Cc1c(NC(=O)c2ccc(N(C)C)cc2)cccc1B1OC(C)(C)C(C)(C)O1. The standard InChI is InChI=1S/C22H29BN2O3/c1-15-18(23-27-21(2,3)22(4,5)28-23)9-8-10-19(15)24-20(26)16-11-13-17(14-12-16)25(6)7/h8-14H,1-7H3,(H,24,26). The van der Waals surface area contributed by atoms with Gasteiger partial charge in [0.1, 0.15) is 0 Å². The highest BCUT2D eigenvalue weighted by Crippen LogP contribution is 2.37. The van der Waals surface area contributed by atoms with Gasteiger partial charge in [-0.15, -0.1) is 0 Å². The van der Waals surface area contributed by atoms with Gasteiger partial charge in [-0.2, -0.15) is 0 Å². The van der Waals surface area contributed by atoms with Crippen LogP contribution in [0.1, 0.15) is 43.6 Å². The fourth-order valence-electron chi connectivity index (χ4n) is 3.12. The third-order valence-corrected chi connectivity index (χ3v) is 5.78. The number of rotatable bonds is 4. The van der Waals surface area contributed by atoms with E-state index >= 15 is 0 Å². The first kappa shape index (κ1) is 20.4. The largest absolute Gasteiger partial charge is 0.495 e. The smallest absolute Gasteiger partial charge is 0.399 e. The van der Waals surface area contributed by atoms with Crippen molar-refractivity contribution in [1.82, 2.24) is 0 Å². The molecule has 6 heteroatoms. The topological polar surface area (TPSA) is 50.8 Å². The lowest BCUT2D eigenvalue weighted by Gasteiger charge is -2.32. The molecule has 148 valence electrons. The maximum atomic E-state index is 12.7. The first-order valence-corrected chi connectivity index (χ1v) is 9.56. The van der Waals surface area contributed by atoms with Crippen molar-refractivity contribution in [3.63, 3.8) is 0 Å². The number of nitrogens with one attached hydrogen (secondary N) is 1. The Hall–Kier alpha value is -2.31. The minimum atomic E-state index is -0.457. The van der Waals surface area contributed by atoms with Crippen LogP contribution in [0, 0.1) is 6.92 Å². The van der Waals surface area contributed by atoms with Gasteiger partial charge in [0.25, 0.3) is 5.91 Å². The molecule has 1 N–H and O–H groups in total. The Kier molecular flexibility index (Phi) is 5.30. The van der Waals surface area contributed by atoms with E-state index in [1.807, 2.05) is 96.1 Å². The zero-order chi connectivity index (χ0) is 20.7. The van der Waals surface area contributed by atoms with Crippen LogP contribution in [0.4, 0.5) is 11.4 Å². The molecular formula is C22H29BN2O3. The van der Waals surface area contributed by atoms with Gasteiger partial charge in [-0.25, -0.2) is 0 Å². The summed E-state index contributed by atoms with van der Waals surface area (Å²) in [6.07, 6.45) is 0. The number of carbonyl (C=O) groups is 1. The van der Waals surface area contributed by atoms with Crippen LogP contribution in [0.2, 0.25) is 0 Å². The second kappa shape index (κ2) is 7.26. The van der Waals surface area contributed by atoms with E-state index in [1.165, 1.54) is 0 Å². The van der Waals surface area contributed by atoms with Gasteiger partial charge in [0, 0.05) is 31.0 Å².